The Balaban J connectivity index is 2.33. The summed E-state index contributed by atoms with van der Waals surface area (Å²) in [6.45, 7) is 0. The van der Waals surface area contributed by atoms with E-state index in [-0.39, 0.29) is 16.9 Å². The van der Waals surface area contributed by atoms with Crippen LogP contribution in [0.1, 0.15) is 0 Å². The minimum atomic E-state index is -0.325. The third-order valence-corrected chi connectivity index (χ3v) is 3.26. The lowest BCUT2D eigenvalue weighted by molar-refractivity contribution is 0.415. The van der Waals surface area contributed by atoms with Crippen molar-refractivity contribution in [3.63, 3.8) is 0 Å². The Labute approximate surface area is 115 Å². The zero-order valence-corrected chi connectivity index (χ0v) is 10.9. The maximum atomic E-state index is 12.2. The van der Waals surface area contributed by atoms with Gasteiger partial charge in [0, 0.05) is 11.5 Å². The minimum absolute atomic E-state index is 0.0161. The molecule has 0 unspecified atom stereocenters. The van der Waals surface area contributed by atoms with Crippen LogP contribution in [0.4, 0.5) is 0 Å². The van der Waals surface area contributed by atoms with Crippen molar-refractivity contribution in [3.8, 4) is 22.6 Å². The van der Waals surface area contributed by atoms with Gasteiger partial charge in [0.1, 0.15) is 11.5 Å². The highest BCUT2D eigenvalue weighted by Gasteiger charge is 2.13. The van der Waals surface area contributed by atoms with Crippen molar-refractivity contribution in [1.29, 1.82) is 0 Å². The van der Waals surface area contributed by atoms with Gasteiger partial charge in [-0.15, -0.1) is 0 Å². The second-order valence-electron chi connectivity index (χ2n) is 4.46. The van der Waals surface area contributed by atoms with E-state index in [4.69, 9.17) is 4.74 Å². The first-order valence-electron chi connectivity index (χ1n) is 6.19. The Morgan fingerprint density at radius 1 is 1.10 bits per heavy atom. The molecule has 1 heterocycles. The van der Waals surface area contributed by atoms with Crippen molar-refractivity contribution >= 4 is 10.9 Å². The van der Waals surface area contributed by atoms with Crippen LogP contribution in [-0.2, 0) is 0 Å². The van der Waals surface area contributed by atoms with Crippen molar-refractivity contribution in [2.24, 2.45) is 0 Å². The summed E-state index contributed by atoms with van der Waals surface area (Å²) in [4.78, 5) is 15.0. The molecule has 3 rings (SSSR count). The van der Waals surface area contributed by atoms with Crippen LogP contribution in [0.3, 0.4) is 0 Å². The molecule has 3 aromatic rings. The number of hydrogen-bond acceptors (Lipinski definition) is 3. The summed E-state index contributed by atoms with van der Waals surface area (Å²) in [7, 11) is 1.55. The zero-order chi connectivity index (χ0) is 14.1. The van der Waals surface area contributed by atoms with Crippen LogP contribution >= 0.6 is 0 Å². The maximum absolute atomic E-state index is 12.2. The molecule has 4 heteroatoms. The van der Waals surface area contributed by atoms with Gasteiger partial charge >= 0.3 is 0 Å². The van der Waals surface area contributed by atoms with Crippen molar-refractivity contribution in [3.05, 3.63) is 58.9 Å². The third kappa shape index (κ3) is 1.91. The van der Waals surface area contributed by atoms with Gasteiger partial charge in [-0.2, -0.15) is 0 Å². The van der Waals surface area contributed by atoms with Crippen LogP contribution in [-0.4, -0.2) is 17.2 Å². The number of pyridine rings is 1. The number of benzene rings is 2. The second-order valence-corrected chi connectivity index (χ2v) is 4.46. The predicted octanol–water partition coefficient (Wildman–Crippen LogP) is 2.91. The van der Waals surface area contributed by atoms with Crippen LogP contribution in [0.15, 0.2) is 53.3 Å². The first-order valence-corrected chi connectivity index (χ1v) is 6.19. The van der Waals surface area contributed by atoms with Crippen molar-refractivity contribution < 1.29 is 9.84 Å². The molecule has 0 saturated carbocycles. The first kappa shape index (κ1) is 12.3. The Hall–Kier alpha value is -2.75. The molecule has 0 amide bonds. The molecule has 2 N–H and O–H groups in total. The average molecular weight is 267 g/mol. The lowest BCUT2D eigenvalue weighted by Crippen LogP contribution is -2.09. The number of methoxy groups -OCH3 is 1. The Kier molecular flexibility index (Phi) is 2.91. The molecule has 0 fully saturated rings. The van der Waals surface area contributed by atoms with E-state index in [0.29, 0.717) is 22.2 Å². The van der Waals surface area contributed by atoms with Gasteiger partial charge < -0.3 is 14.8 Å². The largest absolute Gasteiger partial charge is 0.506 e. The fourth-order valence-electron chi connectivity index (χ4n) is 2.26. The average Bonchev–Trinajstić information content (AvgIpc) is 2.47. The van der Waals surface area contributed by atoms with Gasteiger partial charge in [-0.3, -0.25) is 4.79 Å². The van der Waals surface area contributed by atoms with E-state index in [2.05, 4.69) is 4.98 Å². The summed E-state index contributed by atoms with van der Waals surface area (Å²) in [5.41, 5.74) is 1.19. The highest BCUT2D eigenvalue weighted by atomic mass is 16.5. The molecule has 0 aliphatic carbocycles. The molecule has 0 atom stereocenters. The van der Waals surface area contributed by atoms with E-state index in [9.17, 15) is 9.90 Å². The molecule has 1 aromatic heterocycles. The number of H-pyrrole nitrogens is 1. The maximum Gasteiger partial charge on any atom is 0.260 e. The van der Waals surface area contributed by atoms with Crippen LogP contribution in [0, 0.1) is 0 Å². The van der Waals surface area contributed by atoms with E-state index in [1.165, 1.54) is 0 Å². The monoisotopic (exact) mass is 267 g/mol. The van der Waals surface area contributed by atoms with E-state index in [1.807, 2.05) is 18.2 Å². The number of aromatic hydroxyl groups is 1. The normalized spacial score (nSPS) is 10.7. The van der Waals surface area contributed by atoms with Gasteiger partial charge in [-0.1, -0.05) is 30.3 Å². The molecule has 0 radical (unpaired) electrons. The zero-order valence-electron chi connectivity index (χ0n) is 10.9. The molecular weight excluding hydrogens is 254 g/mol. The van der Waals surface area contributed by atoms with E-state index < -0.39 is 0 Å². The summed E-state index contributed by atoms with van der Waals surface area (Å²) < 4.78 is 5.11. The van der Waals surface area contributed by atoms with Crippen molar-refractivity contribution in [2.75, 3.05) is 7.11 Å². The Morgan fingerprint density at radius 3 is 2.55 bits per heavy atom. The lowest BCUT2D eigenvalue weighted by atomic mass is 10.0. The summed E-state index contributed by atoms with van der Waals surface area (Å²) >= 11 is 0. The standard InChI is InChI=1S/C16H13NO3/c1-20-11-7-8-12-13(9-11)17-16(19)14(15(12)18)10-5-3-2-4-6-10/h2-9H,1H3,(H2,17,18,19). The fraction of sp³-hybridized carbons (Fsp3) is 0.0625. The number of rotatable bonds is 2. The highest BCUT2D eigenvalue weighted by Crippen LogP contribution is 2.33. The number of aromatic nitrogens is 1. The topological polar surface area (TPSA) is 62.3 Å². The number of fused-ring (bicyclic) bond motifs is 1. The van der Waals surface area contributed by atoms with E-state index in [1.54, 1.807) is 37.4 Å². The van der Waals surface area contributed by atoms with E-state index >= 15 is 0 Å². The molecule has 0 aliphatic rings. The Bertz CT molecular complexity index is 822. The molecule has 2 aromatic carbocycles. The predicted molar refractivity (Wildman–Crippen MR) is 78.2 cm³/mol. The number of nitrogens with one attached hydrogen (secondary N) is 1. The summed E-state index contributed by atoms with van der Waals surface area (Å²) in [6, 6.07) is 14.3. The number of aromatic amines is 1. The van der Waals surface area contributed by atoms with Crippen LogP contribution < -0.4 is 10.3 Å². The smallest absolute Gasteiger partial charge is 0.260 e. The van der Waals surface area contributed by atoms with Crippen LogP contribution in [0.25, 0.3) is 22.0 Å². The van der Waals surface area contributed by atoms with Crippen molar-refractivity contribution in [2.45, 2.75) is 0 Å². The van der Waals surface area contributed by atoms with E-state index in [0.717, 1.165) is 0 Å². The molecule has 0 spiro atoms. The molecule has 4 nitrogen and oxygen atoms in total. The molecular formula is C16H13NO3. The third-order valence-electron chi connectivity index (χ3n) is 3.26. The first-order chi connectivity index (χ1) is 9.70. The van der Waals surface area contributed by atoms with Gasteiger partial charge in [0.05, 0.1) is 18.2 Å². The SMILES string of the molecule is COc1ccc2c(O)c(-c3ccccc3)c(=O)[nH]c2c1. The van der Waals surface area contributed by atoms with Gasteiger partial charge in [-0.25, -0.2) is 0 Å². The highest BCUT2D eigenvalue weighted by molar-refractivity contribution is 5.92. The van der Waals surface area contributed by atoms with Crippen LogP contribution in [0.2, 0.25) is 0 Å². The van der Waals surface area contributed by atoms with Gasteiger partial charge in [-0.05, 0) is 17.7 Å². The summed E-state index contributed by atoms with van der Waals surface area (Å²) in [6.07, 6.45) is 0. The number of ether oxygens (including phenoxy) is 1. The summed E-state index contributed by atoms with van der Waals surface area (Å²) in [5.74, 6) is 0.609. The molecule has 100 valence electrons. The van der Waals surface area contributed by atoms with Crippen molar-refractivity contribution in [1.82, 2.24) is 4.98 Å². The minimum Gasteiger partial charge on any atom is -0.506 e. The van der Waals surface area contributed by atoms with Crippen LogP contribution in [0.5, 0.6) is 11.5 Å². The summed E-state index contributed by atoms with van der Waals surface area (Å²) in [5, 5.41) is 11.0. The molecule has 20 heavy (non-hydrogen) atoms. The molecule has 0 saturated heterocycles. The Morgan fingerprint density at radius 2 is 1.85 bits per heavy atom. The fourth-order valence-corrected chi connectivity index (χ4v) is 2.26. The lowest BCUT2D eigenvalue weighted by Gasteiger charge is -2.08. The van der Waals surface area contributed by atoms with Gasteiger partial charge in [0.15, 0.2) is 0 Å². The van der Waals surface area contributed by atoms with Gasteiger partial charge in [0.2, 0.25) is 0 Å². The quantitative estimate of drug-likeness (QED) is 0.750. The molecule has 0 aliphatic heterocycles. The second kappa shape index (κ2) is 4.74. The van der Waals surface area contributed by atoms with Gasteiger partial charge in [0.25, 0.3) is 5.56 Å². The number of hydrogen-bond donors (Lipinski definition) is 2. The molecule has 0 bridgehead atoms.